The Labute approximate surface area is 252 Å². The van der Waals surface area contributed by atoms with Crippen LogP contribution < -0.4 is 15.3 Å². The highest BCUT2D eigenvalue weighted by Crippen LogP contribution is 2.52. The minimum Gasteiger partial charge on any atom is -0.284 e. The SMILES string of the molecule is CC1(C)C=CC=C2C=c3c(cc(-c4ccc5sc(N6c7ccccc7Sc7ccccc76)nc5c4)c4ccccc34)=C21. The first-order valence-corrected chi connectivity index (χ1v) is 15.9. The molecule has 3 aliphatic rings. The number of hydrogen-bond donors (Lipinski definition) is 0. The van der Waals surface area contributed by atoms with Crippen LogP contribution in [0.1, 0.15) is 13.8 Å². The highest BCUT2D eigenvalue weighted by Gasteiger charge is 2.29. The topological polar surface area (TPSA) is 16.1 Å². The maximum atomic E-state index is 5.27. The molecule has 200 valence electrons. The molecule has 0 radical (unpaired) electrons. The average Bonchev–Trinajstić information content (AvgIpc) is 3.61. The maximum absolute atomic E-state index is 5.27. The van der Waals surface area contributed by atoms with Crippen molar-refractivity contribution in [1.29, 1.82) is 0 Å². The molecule has 0 bridgehead atoms. The van der Waals surface area contributed by atoms with Gasteiger partial charge in [-0.1, -0.05) is 110 Å². The third-order valence-corrected chi connectivity index (χ3v) is 10.8. The van der Waals surface area contributed by atoms with Gasteiger partial charge in [0.15, 0.2) is 5.13 Å². The van der Waals surface area contributed by atoms with Gasteiger partial charge in [0.1, 0.15) is 0 Å². The van der Waals surface area contributed by atoms with Crippen LogP contribution in [-0.4, -0.2) is 4.98 Å². The molecule has 0 unspecified atom stereocenters. The summed E-state index contributed by atoms with van der Waals surface area (Å²) in [7, 11) is 0. The quantitative estimate of drug-likeness (QED) is 0.205. The molecule has 9 rings (SSSR count). The fraction of sp³-hybridized carbons (Fsp3) is 0.0789. The van der Waals surface area contributed by atoms with Gasteiger partial charge >= 0.3 is 0 Å². The molecule has 42 heavy (non-hydrogen) atoms. The van der Waals surface area contributed by atoms with E-state index in [0.29, 0.717) is 0 Å². The first kappa shape index (κ1) is 24.2. The number of anilines is 3. The van der Waals surface area contributed by atoms with E-state index in [1.807, 2.05) is 11.8 Å². The number of rotatable bonds is 2. The second-order valence-electron chi connectivity index (χ2n) is 11.7. The van der Waals surface area contributed by atoms with Gasteiger partial charge in [0.2, 0.25) is 0 Å². The van der Waals surface area contributed by atoms with Crippen LogP contribution in [-0.2, 0) is 0 Å². The molecule has 5 aromatic carbocycles. The monoisotopic (exact) mass is 574 g/mol. The van der Waals surface area contributed by atoms with Crippen LogP contribution in [0.4, 0.5) is 16.5 Å². The van der Waals surface area contributed by atoms with Crippen molar-refractivity contribution in [2.24, 2.45) is 5.41 Å². The van der Waals surface area contributed by atoms with Gasteiger partial charge < -0.3 is 0 Å². The zero-order chi connectivity index (χ0) is 28.0. The van der Waals surface area contributed by atoms with Gasteiger partial charge in [-0.2, -0.15) is 0 Å². The lowest BCUT2D eigenvalue weighted by molar-refractivity contribution is 0.644. The molecule has 2 nitrogen and oxygen atoms in total. The number of nitrogens with zero attached hydrogens (tertiary/aromatic N) is 2. The smallest absolute Gasteiger partial charge is 0.195 e. The fourth-order valence-electron chi connectivity index (χ4n) is 6.80. The van der Waals surface area contributed by atoms with E-state index in [2.05, 4.69) is 140 Å². The molecule has 1 aliphatic heterocycles. The summed E-state index contributed by atoms with van der Waals surface area (Å²) in [4.78, 5) is 10.1. The number of aromatic nitrogens is 1. The zero-order valence-corrected chi connectivity index (χ0v) is 24.9. The lowest BCUT2D eigenvalue weighted by Crippen LogP contribution is -2.28. The van der Waals surface area contributed by atoms with Crippen molar-refractivity contribution in [3.05, 3.63) is 131 Å². The second kappa shape index (κ2) is 8.81. The molecular formula is C38H26N2S2. The highest BCUT2D eigenvalue weighted by molar-refractivity contribution is 7.99. The zero-order valence-electron chi connectivity index (χ0n) is 23.3. The molecule has 0 saturated heterocycles. The van der Waals surface area contributed by atoms with Crippen molar-refractivity contribution in [3.63, 3.8) is 0 Å². The van der Waals surface area contributed by atoms with Crippen LogP contribution in [0, 0.1) is 5.41 Å². The predicted molar refractivity (Wildman–Crippen MR) is 179 cm³/mol. The Kier molecular flexibility index (Phi) is 5.08. The van der Waals surface area contributed by atoms with Gasteiger partial charge in [-0.3, -0.25) is 4.90 Å². The van der Waals surface area contributed by atoms with Crippen LogP contribution >= 0.6 is 23.1 Å². The van der Waals surface area contributed by atoms with E-state index >= 15 is 0 Å². The van der Waals surface area contributed by atoms with Crippen LogP contribution in [0.5, 0.6) is 0 Å². The molecule has 4 heteroatoms. The van der Waals surface area contributed by atoms with Gasteiger partial charge in [-0.05, 0) is 92.0 Å². The van der Waals surface area contributed by atoms with E-state index in [0.717, 1.165) is 10.6 Å². The second-order valence-corrected chi connectivity index (χ2v) is 13.8. The van der Waals surface area contributed by atoms with Crippen molar-refractivity contribution in [2.75, 3.05) is 4.90 Å². The van der Waals surface area contributed by atoms with Crippen LogP contribution in [0.25, 0.3) is 43.8 Å². The lowest BCUT2D eigenvalue weighted by atomic mass is 9.77. The number of allylic oxidation sites excluding steroid dienone is 4. The van der Waals surface area contributed by atoms with Gasteiger partial charge in [-0.25, -0.2) is 4.98 Å². The summed E-state index contributed by atoms with van der Waals surface area (Å²) in [6.45, 7) is 4.64. The summed E-state index contributed by atoms with van der Waals surface area (Å²) < 4.78 is 1.19. The van der Waals surface area contributed by atoms with Crippen LogP contribution in [0.2, 0.25) is 0 Å². The molecular weight excluding hydrogens is 549 g/mol. The molecule has 0 atom stereocenters. The third kappa shape index (κ3) is 3.49. The molecule has 2 heterocycles. The third-order valence-electron chi connectivity index (χ3n) is 8.69. The molecule has 2 aliphatic carbocycles. The summed E-state index contributed by atoms with van der Waals surface area (Å²) in [6.07, 6.45) is 9.16. The van der Waals surface area contributed by atoms with E-state index in [1.165, 1.54) is 69.3 Å². The molecule has 1 aromatic heterocycles. The Hall–Kier alpha value is -4.38. The van der Waals surface area contributed by atoms with Gasteiger partial charge in [0.05, 0.1) is 21.6 Å². The molecule has 0 fully saturated rings. The van der Waals surface area contributed by atoms with Crippen LogP contribution in [0.3, 0.4) is 0 Å². The molecule has 0 amide bonds. The minimum absolute atomic E-state index is 0.0152. The number of thiazole rings is 1. The van der Waals surface area contributed by atoms with E-state index in [-0.39, 0.29) is 5.41 Å². The average molecular weight is 575 g/mol. The Balaban J connectivity index is 1.25. The fourth-order valence-corrected chi connectivity index (χ4v) is 8.83. The van der Waals surface area contributed by atoms with Crippen molar-refractivity contribution < 1.29 is 0 Å². The molecule has 0 N–H and O–H groups in total. The van der Waals surface area contributed by atoms with Gasteiger partial charge in [0.25, 0.3) is 0 Å². The number of fused-ring (bicyclic) bond motifs is 7. The first-order chi connectivity index (χ1) is 20.5. The van der Waals surface area contributed by atoms with Gasteiger partial charge in [0, 0.05) is 15.2 Å². The van der Waals surface area contributed by atoms with Crippen LogP contribution in [0.15, 0.2) is 131 Å². The van der Waals surface area contributed by atoms with E-state index in [1.54, 1.807) is 11.3 Å². The lowest BCUT2D eigenvalue weighted by Gasteiger charge is -2.30. The predicted octanol–water partition coefficient (Wildman–Crippen LogP) is 9.52. The van der Waals surface area contributed by atoms with Crippen molar-refractivity contribution >= 4 is 72.2 Å². The van der Waals surface area contributed by atoms with E-state index in [9.17, 15) is 0 Å². The minimum atomic E-state index is -0.0152. The largest absolute Gasteiger partial charge is 0.284 e. The normalized spacial score (nSPS) is 16.1. The van der Waals surface area contributed by atoms with Crippen molar-refractivity contribution in [3.8, 4) is 11.1 Å². The summed E-state index contributed by atoms with van der Waals surface area (Å²) >= 11 is 3.58. The molecule has 0 spiro atoms. The maximum Gasteiger partial charge on any atom is 0.195 e. The van der Waals surface area contributed by atoms with Gasteiger partial charge in [-0.15, -0.1) is 0 Å². The van der Waals surface area contributed by atoms with E-state index < -0.39 is 0 Å². The summed E-state index contributed by atoms with van der Waals surface area (Å²) in [5.41, 5.74) is 8.61. The Morgan fingerprint density at radius 2 is 1.48 bits per heavy atom. The Bertz CT molecular complexity index is 2270. The Morgan fingerprint density at radius 1 is 0.762 bits per heavy atom. The van der Waals surface area contributed by atoms with Crippen molar-refractivity contribution in [1.82, 2.24) is 4.98 Å². The highest BCUT2D eigenvalue weighted by atomic mass is 32.2. The molecule has 6 aromatic rings. The number of benzene rings is 5. The van der Waals surface area contributed by atoms with Crippen molar-refractivity contribution in [2.45, 2.75) is 23.6 Å². The summed E-state index contributed by atoms with van der Waals surface area (Å²) in [5.74, 6) is 0. The first-order valence-electron chi connectivity index (χ1n) is 14.3. The summed E-state index contributed by atoms with van der Waals surface area (Å²) in [5, 5.41) is 6.27. The summed E-state index contributed by atoms with van der Waals surface area (Å²) in [6, 6.07) is 35.3. The molecule has 0 saturated carbocycles. The standard InChI is InChI=1S/C38H26N2S2/c1-38(2)19-9-10-24-20-28-26-12-4-3-11-25(26)27(22-29(28)36(24)38)23-17-18-33-30(21-23)39-37(42-33)40-31-13-5-7-15-34(31)41-35-16-8-6-14-32(35)40/h3-22H,1-2H3. The number of para-hydroxylation sites is 2. The number of hydrogen-bond acceptors (Lipinski definition) is 4. The van der Waals surface area contributed by atoms with E-state index in [4.69, 9.17) is 4.98 Å². The Morgan fingerprint density at radius 3 is 2.26 bits per heavy atom.